The van der Waals surface area contributed by atoms with Crippen LogP contribution in [0.5, 0.6) is 0 Å². The first-order chi connectivity index (χ1) is 9.42. The molecule has 20 heavy (non-hydrogen) atoms. The minimum atomic E-state index is -3.56. The molecule has 1 aromatic rings. The average molecular weight is 300 g/mol. The number of hydrogen-bond acceptors (Lipinski definition) is 5. The molecule has 0 saturated carbocycles. The third kappa shape index (κ3) is 4.44. The van der Waals surface area contributed by atoms with Gasteiger partial charge in [-0.05, 0) is 20.8 Å². The minimum absolute atomic E-state index is 0.209. The highest BCUT2D eigenvalue weighted by Crippen LogP contribution is 2.61. The molecule has 0 aromatic heterocycles. The van der Waals surface area contributed by atoms with Crippen molar-refractivity contribution in [3.63, 3.8) is 0 Å². The van der Waals surface area contributed by atoms with Gasteiger partial charge in [0, 0.05) is 12.5 Å². The third-order valence-electron chi connectivity index (χ3n) is 2.55. The normalized spacial score (nSPS) is 13.0. The van der Waals surface area contributed by atoms with Gasteiger partial charge in [-0.2, -0.15) is 0 Å². The Morgan fingerprint density at radius 1 is 1.15 bits per heavy atom. The predicted molar refractivity (Wildman–Crippen MR) is 76.5 cm³/mol. The predicted octanol–water partition coefficient (Wildman–Crippen LogP) is 3.82. The summed E-state index contributed by atoms with van der Waals surface area (Å²) in [6.45, 7) is 7.05. The second-order valence-corrected chi connectivity index (χ2v) is 6.31. The van der Waals surface area contributed by atoms with Gasteiger partial charge in [0.2, 0.25) is 5.85 Å². The molecule has 0 radical (unpaired) electrons. The Labute approximate surface area is 119 Å². The van der Waals surface area contributed by atoms with Crippen LogP contribution in [-0.4, -0.2) is 19.2 Å². The molecule has 1 aromatic carbocycles. The number of esters is 1. The highest BCUT2D eigenvalue weighted by Gasteiger charge is 2.39. The number of benzene rings is 1. The second kappa shape index (κ2) is 7.58. The van der Waals surface area contributed by atoms with Gasteiger partial charge in [0.15, 0.2) is 0 Å². The number of carbonyl (C=O) groups excluding carboxylic acids is 1. The zero-order valence-electron chi connectivity index (χ0n) is 12.3. The molecule has 0 N–H and O–H groups in total. The molecule has 0 aliphatic rings. The molecule has 0 heterocycles. The Morgan fingerprint density at radius 3 is 2.05 bits per heavy atom. The highest BCUT2D eigenvalue weighted by atomic mass is 31.2. The maximum absolute atomic E-state index is 12.8. The molecule has 1 unspecified atom stereocenters. The smallest absolute Gasteiger partial charge is 0.375 e. The molecule has 0 aliphatic carbocycles. The van der Waals surface area contributed by atoms with Crippen molar-refractivity contribution in [3.8, 4) is 0 Å². The number of hydrogen-bond donors (Lipinski definition) is 0. The lowest BCUT2D eigenvalue weighted by Crippen LogP contribution is -2.13. The quantitative estimate of drug-likeness (QED) is 0.566. The maximum atomic E-state index is 12.8. The van der Waals surface area contributed by atoms with E-state index in [0.29, 0.717) is 5.56 Å². The number of ether oxygens (including phenoxy) is 1. The first-order valence-corrected chi connectivity index (χ1v) is 8.16. The maximum Gasteiger partial charge on any atom is 0.375 e. The molecule has 0 amide bonds. The molecule has 6 heteroatoms. The van der Waals surface area contributed by atoms with Gasteiger partial charge in [-0.25, -0.2) is 0 Å². The summed E-state index contributed by atoms with van der Waals surface area (Å²) in [6.07, 6.45) is 0. The molecule has 0 spiro atoms. The summed E-state index contributed by atoms with van der Waals surface area (Å²) in [6, 6.07) is 7.23. The third-order valence-corrected chi connectivity index (χ3v) is 4.76. The summed E-state index contributed by atoms with van der Waals surface area (Å²) in [4.78, 5) is 11.3. The Bertz CT molecular complexity index is 473. The summed E-state index contributed by atoms with van der Waals surface area (Å²) >= 11 is 0. The van der Waals surface area contributed by atoms with E-state index in [2.05, 4.69) is 0 Å². The summed E-state index contributed by atoms with van der Waals surface area (Å²) in [5, 5.41) is 0. The van der Waals surface area contributed by atoms with Crippen molar-refractivity contribution in [1.29, 1.82) is 0 Å². The lowest BCUT2D eigenvalue weighted by Gasteiger charge is -2.26. The van der Waals surface area contributed by atoms with Crippen LogP contribution in [0.25, 0.3) is 0 Å². The van der Waals surface area contributed by atoms with Crippen LogP contribution in [0.1, 0.15) is 37.7 Å². The van der Waals surface area contributed by atoms with E-state index in [0.717, 1.165) is 5.56 Å². The molecule has 1 rings (SSSR count). The van der Waals surface area contributed by atoms with Gasteiger partial charge in [-0.1, -0.05) is 29.8 Å². The van der Waals surface area contributed by atoms with Crippen molar-refractivity contribution in [2.45, 2.75) is 33.5 Å². The topological polar surface area (TPSA) is 61.8 Å². The van der Waals surface area contributed by atoms with E-state index in [1.807, 2.05) is 19.1 Å². The standard InChI is InChI=1S/C14H21O5P/c1-5-17-20(16,18-6-2)14(19-12(4)15)13-9-7-11(3)8-10-13/h7-10,14H,5-6H2,1-4H3. The fraction of sp³-hybridized carbons (Fsp3) is 0.500. The Kier molecular flexibility index (Phi) is 6.40. The van der Waals surface area contributed by atoms with Crippen LogP contribution in [0.3, 0.4) is 0 Å². The lowest BCUT2D eigenvalue weighted by atomic mass is 10.2. The van der Waals surface area contributed by atoms with Gasteiger partial charge in [0.1, 0.15) is 0 Å². The van der Waals surface area contributed by atoms with Gasteiger partial charge in [0.05, 0.1) is 13.2 Å². The van der Waals surface area contributed by atoms with E-state index in [9.17, 15) is 9.36 Å². The molecule has 112 valence electrons. The fourth-order valence-corrected chi connectivity index (χ4v) is 3.62. The molecule has 5 nitrogen and oxygen atoms in total. The van der Waals surface area contributed by atoms with Crippen LogP contribution in [-0.2, 0) is 23.1 Å². The van der Waals surface area contributed by atoms with Crippen molar-refractivity contribution in [1.82, 2.24) is 0 Å². The summed E-state index contributed by atoms with van der Waals surface area (Å²) < 4.78 is 28.6. The van der Waals surface area contributed by atoms with Crippen molar-refractivity contribution < 1.29 is 23.1 Å². The molecule has 1 atom stereocenters. The van der Waals surface area contributed by atoms with Gasteiger partial charge in [-0.3, -0.25) is 9.36 Å². The first-order valence-electron chi connectivity index (χ1n) is 6.55. The largest absolute Gasteiger partial charge is 0.445 e. The Morgan fingerprint density at radius 2 is 1.65 bits per heavy atom. The second-order valence-electron chi connectivity index (χ2n) is 4.25. The van der Waals surface area contributed by atoms with Crippen molar-refractivity contribution in [3.05, 3.63) is 35.4 Å². The first kappa shape index (κ1) is 16.9. The van der Waals surface area contributed by atoms with Gasteiger partial charge in [0.25, 0.3) is 0 Å². The van der Waals surface area contributed by atoms with Gasteiger partial charge in [-0.15, -0.1) is 0 Å². The molecule has 0 aliphatic heterocycles. The van der Waals surface area contributed by atoms with E-state index < -0.39 is 19.4 Å². The molecular formula is C14H21O5P. The highest BCUT2D eigenvalue weighted by molar-refractivity contribution is 7.54. The monoisotopic (exact) mass is 300 g/mol. The number of carbonyl (C=O) groups is 1. The van der Waals surface area contributed by atoms with E-state index in [4.69, 9.17) is 13.8 Å². The van der Waals surface area contributed by atoms with E-state index >= 15 is 0 Å². The van der Waals surface area contributed by atoms with Crippen molar-refractivity contribution in [2.75, 3.05) is 13.2 Å². The summed E-state index contributed by atoms with van der Waals surface area (Å²) in [5.41, 5.74) is 1.65. The zero-order valence-corrected chi connectivity index (χ0v) is 13.2. The van der Waals surface area contributed by atoms with Gasteiger partial charge >= 0.3 is 13.6 Å². The summed E-state index contributed by atoms with van der Waals surface area (Å²) in [5.74, 6) is -1.57. The summed E-state index contributed by atoms with van der Waals surface area (Å²) in [7, 11) is -3.56. The van der Waals surface area contributed by atoms with Crippen LogP contribution < -0.4 is 0 Å². The van der Waals surface area contributed by atoms with Crippen LogP contribution in [0.2, 0.25) is 0 Å². The Hall–Kier alpha value is -1.16. The SMILES string of the molecule is CCOP(=O)(OCC)C(OC(C)=O)c1ccc(C)cc1. The van der Waals surface area contributed by atoms with Crippen LogP contribution in [0.4, 0.5) is 0 Å². The lowest BCUT2D eigenvalue weighted by molar-refractivity contribution is -0.144. The fourth-order valence-electron chi connectivity index (χ4n) is 1.74. The molecule has 0 fully saturated rings. The zero-order chi connectivity index (χ0) is 15.2. The van der Waals surface area contributed by atoms with Crippen LogP contribution in [0.15, 0.2) is 24.3 Å². The molecule has 0 bridgehead atoms. The van der Waals surface area contributed by atoms with E-state index in [1.165, 1.54) is 6.92 Å². The van der Waals surface area contributed by atoms with Crippen LogP contribution >= 0.6 is 7.60 Å². The van der Waals surface area contributed by atoms with Crippen molar-refractivity contribution >= 4 is 13.6 Å². The molecular weight excluding hydrogens is 279 g/mol. The van der Waals surface area contributed by atoms with E-state index in [1.54, 1.807) is 26.0 Å². The average Bonchev–Trinajstić information content (AvgIpc) is 2.37. The number of aryl methyl sites for hydroxylation is 1. The molecule has 0 saturated heterocycles. The van der Waals surface area contributed by atoms with Crippen molar-refractivity contribution in [2.24, 2.45) is 0 Å². The van der Waals surface area contributed by atoms with Gasteiger partial charge < -0.3 is 13.8 Å². The van der Waals surface area contributed by atoms with Crippen LogP contribution in [0, 0.1) is 6.92 Å². The number of rotatable bonds is 7. The minimum Gasteiger partial charge on any atom is -0.445 e. The Balaban J connectivity index is 3.18. The van der Waals surface area contributed by atoms with E-state index in [-0.39, 0.29) is 13.2 Å².